The van der Waals surface area contributed by atoms with E-state index in [0.29, 0.717) is 26.1 Å². The quantitative estimate of drug-likeness (QED) is 0.717. The number of anilines is 1. The molecule has 1 fully saturated rings. The minimum absolute atomic E-state index is 0.00647. The molecule has 28 heavy (non-hydrogen) atoms. The Balaban J connectivity index is 1.45. The molecule has 1 aliphatic rings. The summed E-state index contributed by atoms with van der Waals surface area (Å²) in [5, 5.41) is 7.85. The highest BCUT2D eigenvalue weighted by atomic mass is 32.2. The highest BCUT2D eigenvalue weighted by Gasteiger charge is 2.30. The van der Waals surface area contributed by atoms with Crippen molar-refractivity contribution in [1.82, 2.24) is 10.2 Å². The number of sulfonamides is 1. The third-order valence-corrected chi connectivity index (χ3v) is 5.41. The molecule has 0 bridgehead atoms. The van der Waals surface area contributed by atoms with Gasteiger partial charge in [-0.05, 0) is 36.2 Å². The zero-order valence-corrected chi connectivity index (χ0v) is 16.1. The number of primary sulfonamides is 1. The van der Waals surface area contributed by atoms with E-state index >= 15 is 0 Å². The first-order chi connectivity index (χ1) is 13.3. The summed E-state index contributed by atoms with van der Waals surface area (Å²) in [6.45, 7) is 1.44. The van der Waals surface area contributed by atoms with Gasteiger partial charge in [0.25, 0.3) is 0 Å². The molecule has 0 saturated carbocycles. The number of benzene rings is 2. The Bertz CT molecular complexity index is 946. The van der Waals surface area contributed by atoms with Gasteiger partial charge in [0, 0.05) is 25.3 Å². The summed E-state index contributed by atoms with van der Waals surface area (Å²) in [6.07, 6.45) is 0.542. The van der Waals surface area contributed by atoms with Crippen LogP contribution in [0.4, 0.5) is 10.5 Å². The molecule has 9 heteroatoms. The topological polar surface area (TPSA) is 113 Å². The van der Waals surface area contributed by atoms with Crippen molar-refractivity contribution in [3.05, 3.63) is 60.2 Å². The van der Waals surface area contributed by atoms with E-state index in [9.17, 15) is 18.0 Å². The summed E-state index contributed by atoms with van der Waals surface area (Å²) >= 11 is 0. The number of nitrogens with zero attached hydrogens (tertiary/aromatic N) is 2. The zero-order chi connectivity index (χ0) is 20.1. The molecule has 3 amide bonds. The molecule has 0 unspecified atom stereocenters. The van der Waals surface area contributed by atoms with E-state index in [-0.39, 0.29) is 23.4 Å². The van der Waals surface area contributed by atoms with Crippen molar-refractivity contribution in [3.8, 4) is 0 Å². The fraction of sp³-hybridized carbons (Fsp3) is 0.263. The Labute approximate surface area is 164 Å². The molecule has 0 spiro atoms. The summed E-state index contributed by atoms with van der Waals surface area (Å²) in [5.74, 6) is -0.232. The van der Waals surface area contributed by atoms with E-state index in [1.165, 1.54) is 17.0 Å². The number of nitrogens with two attached hydrogens (primary N) is 1. The maximum atomic E-state index is 12.5. The highest BCUT2D eigenvalue weighted by molar-refractivity contribution is 7.89. The third-order valence-electron chi connectivity index (χ3n) is 4.49. The molecule has 148 valence electrons. The maximum Gasteiger partial charge on any atom is 0.325 e. The smallest absolute Gasteiger partial charge is 0.325 e. The summed E-state index contributed by atoms with van der Waals surface area (Å²) < 4.78 is 22.5. The molecule has 1 aliphatic heterocycles. The normalized spacial score (nSPS) is 14.4. The number of rotatable bonds is 7. The molecule has 1 saturated heterocycles. The van der Waals surface area contributed by atoms with Crippen LogP contribution in [0.25, 0.3) is 0 Å². The largest absolute Gasteiger partial charge is 0.354 e. The molecule has 8 nitrogen and oxygen atoms in total. The minimum Gasteiger partial charge on any atom is -0.354 e. The summed E-state index contributed by atoms with van der Waals surface area (Å²) in [5.41, 5.74) is 1.69. The van der Waals surface area contributed by atoms with Crippen LogP contribution in [0.3, 0.4) is 0 Å². The van der Waals surface area contributed by atoms with Crippen LogP contribution < -0.4 is 15.4 Å². The number of hydrogen-bond acceptors (Lipinski definition) is 4. The first kappa shape index (κ1) is 19.8. The average Bonchev–Trinajstić information content (AvgIpc) is 3.02. The van der Waals surface area contributed by atoms with Crippen LogP contribution in [0.5, 0.6) is 0 Å². The molecule has 3 rings (SSSR count). The second-order valence-corrected chi connectivity index (χ2v) is 8.04. The Kier molecular flexibility index (Phi) is 5.96. The van der Waals surface area contributed by atoms with E-state index in [1.54, 1.807) is 17.0 Å². The van der Waals surface area contributed by atoms with Crippen LogP contribution in [0.2, 0.25) is 0 Å². The fourth-order valence-electron chi connectivity index (χ4n) is 3.00. The maximum absolute atomic E-state index is 12.5. The van der Waals surface area contributed by atoms with Crippen LogP contribution in [-0.2, 0) is 21.2 Å². The number of urea groups is 1. The van der Waals surface area contributed by atoms with Crippen LogP contribution >= 0.6 is 0 Å². The van der Waals surface area contributed by atoms with Crippen molar-refractivity contribution >= 4 is 27.6 Å². The highest BCUT2D eigenvalue weighted by Crippen LogP contribution is 2.19. The number of amides is 3. The summed E-state index contributed by atoms with van der Waals surface area (Å²) in [6, 6.07) is 15.4. The first-order valence-corrected chi connectivity index (χ1v) is 10.4. The van der Waals surface area contributed by atoms with Gasteiger partial charge >= 0.3 is 6.03 Å². The molecule has 0 radical (unpaired) electrons. The SMILES string of the molecule is NS(=O)(=O)c1ccc(CCNC(=O)CN2CCN(c3ccccc3)C2=O)cc1. The van der Waals surface area contributed by atoms with Gasteiger partial charge in [-0.1, -0.05) is 30.3 Å². The van der Waals surface area contributed by atoms with Crippen molar-refractivity contribution in [2.24, 2.45) is 5.14 Å². The molecular weight excluding hydrogens is 380 g/mol. The van der Waals surface area contributed by atoms with Gasteiger partial charge in [0.2, 0.25) is 15.9 Å². The molecule has 0 atom stereocenters. The van der Waals surface area contributed by atoms with Crippen molar-refractivity contribution in [1.29, 1.82) is 0 Å². The van der Waals surface area contributed by atoms with Crippen LogP contribution in [0.15, 0.2) is 59.5 Å². The second kappa shape index (κ2) is 8.41. The van der Waals surface area contributed by atoms with Crippen LogP contribution in [0.1, 0.15) is 5.56 Å². The number of hydrogen-bond donors (Lipinski definition) is 2. The van der Waals surface area contributed by atoms with Gasteiger partial charge in [-0.15, -0.1) is 0 Å². The van der Waals surface area contributed by atoms with Gasteiger partial charge in [0.1, 0.15) is 6.54 Å². The predicted molar refractivity (Wildman–Crippen MR) is 105 cm³/mol. The molecule has 2 aromatic carbocycles. The number of carbonyl (C=O) groups excluding carboxylic acids is 2. The zero-order valence-electron chi connectivity index (χ0n) is 15.2. The van der Waals surface area contributed by atoms with Gasteiger partial charge in [-0.2, -0.15) is 0 Å². The Morgan fingerprint density at radius 2 is 1.71 bits per heavy atom. The Morgan fingerprint density at radius 1 is 1.04 bits per heavy atom. The molecule has 3 N–H and O–H groups in total. The van der Waals surface area contributed by atoms with E-state index in [4.69, 9.17) is 5.14 Å². The average molecular weight is 402 g/mol. The van der Waals surface area contributed by atoms with E-state index in [2.05, 4.69) is 5.32 Å². The van der Waals surface area contributed by atoms with Crippen molar-refractivity contribution in [2.45, 2.75) is 11.3 Å². The number of para-hydroxylation sites is 1. The lowest BCUT2D eigenvalue weighted by atomic mass is 10.1. The predicted octanol–water partition coefficient (Wildman–Crippen LogP) is 0.935. The summed E-state index contributed by atoms with van der Waals surface area (Å²) in [7, 11) is -3.71. The third kappa shape index (κ3) is 4.87. The number of nitrogens with one attached hydrogen (secondary N) is 1. The van der Waals surface area contributed by atoms with Crippen molar-refractivity contribution in [3.63, 3.8) is 0 Å². The molecule has 0 aliphatic carbocycles. The Hall–Kier alpha value is -2.91. The van der Waals surface area contributed by atoms with Crippen LogP contribution in [0, 0.1) is 0 Å². The fourth-order valence-corrected chi connectivity index (χ4v) is 3.51. The molecular formula is C19H22N4O4S. The summed E-state index contributed by atoms with van der Waals surface area (Å²) in [4.78, 5) is 27.8. The van der Waals surface area contributed by atoms with E-state index < -0.39 is 10.0 Å². The lowest BCUT2D eigenvalue weighted by molar-refractivity contribution is -0.121. The first-order valence-electron chi connectivity index (χ1n) is 8.84. The van der Waals surface area contributed by atoms with Gasteiger partial charge in [-0.25, -0.2) is 18.4 Å². The van der Waals surface area contributed by atoms with Gasteiger partial charge in [0.05, 0.1) is 4.90 Å². The van der Waals surface area contributed by atoms with E-state index in [0.717, 1.165) is 11.3 Å². The minimum atomic E-state index is -3.71. The monoisotopic (exact) mass is 402 g/mol. The van der Waals surface area contributed by atoms with Gasteiger partial charge < -0.3 is 10.2 Å². The lowest BCUT2D eigenvalue weighted by Crippen LogP contribution is -2.40. The standard InChI is InChI=1S/C19H22N4O4S/c20-28(26,27)17-8-6-15(7-9-17)10-11-21-18(24)14-22-12-13-23(19(22)25)16-4-2-1-3-5-16/h1-9H,10-14H2,(H,21,24)(H2,20,26,27). The van der Waals surface area contributed by atoms with Crippen molar-refractivity contribution < 1.29 is 18.0 Å². The van der Waals surface area contributed by atoms with Crippen LogP contribution in [-0.4, -0.2) is 51.4 Å². The van der Waals surface area contributed by atoms with Gasteiger partial charge in [-0.3, -0.25) is 9.69 Å². The second-order valence-electron chi connectivity index (χ2n) is 6.48. The lowest BCUT2D eigenvalue weighted by Gasteiger charge is -2.18. The van der Waals surface area contributed by atoms with Crippen molar-refractivity contribution in [2.75, 3.05) is 31.1 Å². The molecule has 1 heterocycles. The number of carbonyl (C=O) groups is 2. The van der Waals surface area contributed by atoms with E-state index in [1.807, 2.05) is 30.3 Å². The van der Waals surface area contributed by atoms with Gasteiger partial charge in [0.15, 0.2) is 0 Å². The molecule has 0 aromatic heterocycles. The Morgan fingerprint density at radius 3 is 2.36 bits per heavy atom. The molecule has 2 aromatic rings.